The van der Waals surface area contributed by atoms with Gasteiger partial charge in [0.15, 0.2) is 5.96 Å². The van der Waals surface area contributed by atoms with Crippen LogP contribution in [0.2, 0.25) is 0 Å². The highest BCUT2D eigenvalue weighted by Crippen LogP contribution is 2.05. The van der Waals surface area contributed by atoms with Crippen molar-refractivity contribution in [2.45, 2.75) is 19.9 Å². The molecular weight excluding hydrogens is 429 g/mol. The van der Waals surface area contributed by atoms with Crippen LogP contribution in [0, 0.1) is 0 Å². The van der Waals surface area contributed by atoms with E-state index in [0.717, 1.165) is 36.7 Å². The van der Waals surface area contributed by atoms with Crippen molar-refractivity contribution >= 4 is 35.8 Å². The average molecular weight is 453 g/mol. The third kappa shape index (κ3) is 7.51. The number of carbonyl (C=O) groups is 1. The molecule has 7 heteroatoms. The average Bonchev–Trinajstić information content (AvgIpc) is 2.61. The van der Waals surface area contributed by atoms with Gasteiger partial charge >= 0.3 is 0 Å². The van der Waals surface area contributed by atoms with Crippen molar-refractivity contribution in [3.63, 3.8) is 0 Å². The number of hydrogen-bond acceptors (Lipinski definition) is 3. The second kappa shape index (κ2) is 11.4. The van der Waals surface area contributed by atoms with E-state index in [2.05, 4.69) is 20.6 Å². The molecule has 0 aliphatic rings. The molecule has 2 aromatic rings. The summed E-state index contributed by atoms with van der Waals surface area (Å²) in [7, 11) is 0. The maximum absolute atomic E-state index is 11.1. The second-order valence-corrected chi connectivity index (χ2v) is 5.25. The smallest absolute Gasteiger partial charge is 0.248 e. The lowest BCUT2D eigenvalue weighted by Crippen LogP contribution is -2.38. The number of pyridine rings is 1. The highest BCUT2D eigenvalue weighted by atomic mass is 127. The van der Waals surface area contributed by atoms with Crippen LogP contribution in [0.25, 0.3) is 0 Å². The van der Waals surface area contributed by atoms with Crippen molar-refractivity contribution in [2.24, 2.45) is 10.7 Å². The van der Waals surface area contributed by atoms with Gasteiger partial charge in [-0.25, -0.2) is 4.99 Å². The predicted molar refractivity (Wildman–Crippen MR) is 111 cm³/mol. The number of guanidine groups is 1. The Bertz CT molecular complexity index is 674. The summed E-state index contributed by atoms with van der Waals surface area (Å²) in [5.41, 5.74) is 7.80. The standard InChI is InChI=1S/C18H23N5O.HI/c1-2-20-18(22-12-10-16-5-3-4-11-21-16)23-13-14-6-8-15(9-7-14)17(19)24;/h3-9,11H,2,10,12-13H2,1H3,(H2,19,24)(H2,20,22,23);1H. The molecule has 25 heavy (non-hydrogen) atoms. The second-order valence-electron chi connectivity index (χ2n) is 5.25. The third-order valence-electron chi connectivity index (χ3n) is 3.40. The quantitative estimate of drug-likeness (QED) is 0.340. The van der Waals surface area contributed by atoms with Gasteiger partial charge in [-0.15, -0.1) is 24.0 Å². The van der Waals surface area contributed by atoms with Gasteiger partial charge in [-0.3, -0.25) is 9.78 Å². The molecule has 0 saturated carbocycles. The van der Waals surface area contributed by atoms with Crippen LogP contribution in [0.1, 0.15) is 28.5 Å². The first-order chi connectivity index (χ1) is 11.7. The lowest BCUT2D eigenvalue weighted by molar-refractivity contribution is 0.100. The van der Waals surface area contributed by atoms with Crippen molar-refractivity contribution in [2.75, 3.05) is 13.1 Å². The molecular formula is C18H24IN5O. The first-order valence-electron chi connectivity index (χ1n) is 8.00. The Labute approximate surface area is 165 Å². The van der Waals surface area contributed by atoms with Crippen molar-refractivity contribution in [3.05, 3.63) is 65.5 Å². The number of rotatable bonds is 7. The zero-order valence-corrected chi connectivity index (χ0v) is 16.6. The van der Waals surface area contributed by atoms with Crippen LogP contribution >= 0.6 is 24.0 Å². The normalized spacial score (nSPS) is 10.7. The zero-order chi connectivity index (χ0) is 17.2. The molecule has 0 bridgehead atoms. The summed E-state index contributed by atoms with van der Waals surface area (Å²) in [5.74, 6) is 0.335. The molecule has 0 saturated heterocycles. The van der Waals surface area contributed by atoms with E-state index in [0.29, 0.717) is 12.1 Å². The van der Waals surface area contributed by atoms with Crippen molar-refractivity contribution in [3.8, 4) is 0 Å². The molecule has 0 fully saturated rings. The van der Waals surface area contributed by atoms with E-state index in [1.807, 2.05) is 37.3 Å². The highest BCUT2D eigenvalue weighted by Gasteiger charge is 2.01. The molecule has 0 spiro atoms. The van der Waals surface area contributed by atoms with Crippen LogP contribution in [0.4, 0.5) is 0 Å². The largest absolute Gasteiger partial charge is 0.366 e. The first-order valence-corrected chi connectivity index (χ1v) is 8.00. The van der Waals surface area contributed by atoms with Gasteiger partial charge < -0.3 is 16.4 Å². The van der Waals surface area contributed by atoms with Gasteiger partial charge in [-0.05, 0) is 36.8 Å². The number of nitrogens with two attached hydrogens (primary N) is 1. The van der Waals surface area contributed by atoms with E-state index in [1.165, 1.54) is 0 Å². The third-order valence-corrected chi connectivity index (χ3v) is 3.40. The summed E-state index contributed by atoms with van der Waals surface area (Å²) in [6.45, 7) is 4.09. The molecule has 1 aromatic carbocycles. The summed E-state index contributed by atoms with van der Waals surface area (Å²) in [6.07, 6.45) is 2.63. The zero-order valence-electron chi connectivity index (χ0n) is 14.2. The van der Waals surface area contributed by atoms with E-state index in [1.54, 1.807) is 18.3 Å². The Morgan fingerprint density at radius 1 is 1.16 bits per heavy atom. The van der Waals surface area contributed by atoms with Crippen LogP contribution in [0.3, 0.4) is 0 Å². The molecule has 1 amide bonds. The molecule has 6 nitrogen and oxygen atoms in total. The minimum absolute atomic E-state index is 0. The maximum atomic E-state index is 11.1. The molecule has 1 heterocycles. The Hall–Kier alpha value is -2.16. The molecule has 4 N–H and O–H groups in total. The number of primary amides is 1. The van der Waals surface area contributed by atoms with Crippen LogP contribution in [0.15, 0.2) is 53.7 Å². The van der Waals surface area contributed by atoms with Gasteiger partial charge in [-0.1, -0.05) is 18.2 Å². The van der Waals surface area contributed by atoms with Gasteiger partial charge in [0.05, 0.1) is 6.54 Å². The highest BCUT2D eigenvalue weighted by molar-refractivity contribution is 14.0. The summed E-state index contributed by atoms with van der Waals surface area (Å²) in [4.78, 5) is 19.9. The molecule has 134 valence electrons. The van der Waals surface area contributed by atoms with E-state index in [-0.39, 0.29) is 24.0 Å². The molecule has 0 radical (unpaired) electrons. The Morgan fingerprint density at radius 2 is 1.92 bits per heavy atom. The Kier molecular flexibility index (Phi) is 9.53. The summed E-state index contributed by atoms with van der Waals surface area (Å²) in [5, 5.41) is 6.51. The lowest BCUT2D eigenvalue weighted by Gasteiger charge is -2.11. The minimum Gasteiger partial charge on any atom is -0.366 e. The summed E-state index contributed by atoms with van der Waals surface area (Å²) >= 11 is 0. The molecule has 0 aliphatic heterocycles. The number of benzene rings is 1. The van der Waals surface area contributed by atoms with Crippen LogP contribution < -0.4 is 16.4 Å². The van der Waals surface area contributed by atoms with E-state index < -0.39 is 5.91 Å². The fourth-order valence-corrected chi connectivity index (χ4v) is 2.14. The van der Waals surface area contributed by atoms with Crippen molar-refractivity contribution < 1.29 is 4.79 Å². The monoisotopic (exact) mass is 453 g/mol. The number of amides is 1. The number of nitrogens with zero attached hydrogens (tertiary/aromatic N) is 2. The number of carbonyl (C=O) groups excluding carboxylic acids is 1. The van der Waals surface area contributed by atoms with E-state index in [9.17, 15) is 4.79 Å². The Balaban J connectivity index is 0.00000312. The Morgan fingerprint density at radius 3 is 2.52 bits per heavy atom. The lowest BCUT2D eigenvalue weighted by atomic mass is 10.1. The fourth-order valence-electron chi connectivity index (χ4n) is 2.14. The summed E-state index contributed by atoms with van der Waals surface area (Å²) in [6, 6.07) is 13.1. The SMILES string of the molecule is CCNC(=NCc1ccc(C(N)=O)cc1)NCCc1ccccn1.I. The van der Waals surface area contributed by atoms with Crippen molar-refractivity contribution in [1.29, 1.82) is 0 Å². The van der Waals surface area contributed by atoms with E-state index >= 15 is 0 Å². The number of aromatic nitrogens is 1. The molecule has 0 aliphatic carbocycles. The predicted octanol–water partition coefficient (Wildman–Crippen LogP) is 2.10. The van der Waals surface area contributed by atoms with Crippen LogP contribution in [0.5, 0.6) is 0 Å². The van der Waals surface area contributed by atoms with Gasteiger partial charge in [0.1, 0.15) is 0 Å². The van der Waals surface area contributed by atoms with E-state index in [4.69, 9.17) is 5.73 Å². The van der Waals surface area contributed by atoms with Crippen LogP contribution in [-0.4, -0.2) is 29.9 Å². The maximum Gasteiger partial charge on any atom is 0.248 e. The van der Waals surface area contributed by atoms with Gasteiger partial charge in [-0.2, -0.15) is 0 Å². The number of aliphatic imine (C=N–C) groups is 1. The van der Waals surface area contributed by atoms with Crippen LogP contribution in [-0.2, 0) is 13.0 Å². The topological polar surface area (TPSA) is 92.4 Å². The number of nitrogens with one attached hydrogen (secondary N) is 2. The summed E-state index contributed by atoms with van der Waals surface area (Å²) < 4.78 is 0. The van der Waals surface area contributed by atoms with Gasteiger partial charge in [0, 0.05) is 37.0 Å². The molecule has 2 rings (SSSR count). The molecule has 1 aromatic heterocycles. The minimum atomic E-state index is -0.422. The van der Waals surface area contributed by atoms with Gasteiger partial charge in [0.25, 0.3) is 0 Å². The molecule has 0 atom stereocenters. The number of hydrogen-bond donors (Lipinski definition) is 3. The van der Waals surface area contributed by atoms with Gasteiger partial charge in [0.2, 0.25) is 5.91 Å². The fraction of sp³-hybridized carbons (Fsp3) is 0.278. The number of halogens is 1. The van der Waals surface area contributed by atoms with Crippen molar-refractivity contribution in [1.82, 2.24) is 15.6 Å². The molecule has 0 unspecified atom stereocenters. The first kappa shape index (κ1) is 20.9.